The standard InChI is InChI=1S/C31H45N2/c1-7-30(5)16-11-13-28(14-17-30)25-33(23-26(3)20-27(4)24-33)19-18-32-22-29-12-9-10-15-31(6,8-2)21-29/h7-17,21,26-27,32H,1-2,18-20,22-25H2,3-6H3/q+1. The SMILES string of the molecule is C=CC1(C)C=CC=C(C[N+]2(CCNCC3=CC(C)(C=C)C=CC=C3)CC(C)CC(C)C2)C=C1. The molecule has 0 aromatic rings. The van der Waals surface area contributed by atoms with Crippen LogP contribution in [0.15, 0.2) is 97.2 Å². The lowest BCUT2D eigenvalue weighted by atomic mass is 9.88. The van der Waals surface area contributed by atoms with Crippen LogP contribution in [0.25, 0.3) is 0 Å². The zero-order valence-corrected chi connectivity index (χ0v) is 21.4. The maximum absolute atomic E-state index is 4.02. The van der Waals surface area contributed by atoms with Gasteiger partial charge in [0.1, 0.15) is 6.54 Å². The van der Waals surface area contributed by atoms with Crippen LogP contribution in [0.5, 0.6) is 0 Å². The van der Waals surface area contributed by atoms with E-state index >= 15 is 0 Å². The largest absolute Gasteiger partial charge is 0.318 e. The summed E-state index contributed by atoms with van der Waals surface area (Å²) in [6.45, 7) is 24.1. The average molecular weight is 446 g/mol. The van der Waals surface area contributed by atoms with Crippen LogP contribution < -0.4 is 5.32 Å². The molecule has 1 aliphatic heterocycles. The maximum atomic E-state index is 4.02. The Kier molecular flexibility index (Phi) is 8.37. The lowest BCUT2D eigenvalue weighted by molar-refractivity contribution is -0.933. The van der Waals surface area contributed by atoms with Crippen molar-refractivity contribution in [3.8, 4) is 0 Å². The summed E-state index contributed by atoms with van der Waals surface area (Å²) >= 11 is 0. The molecular formula is C31H45N2+. The van der Waals surface area contributed by atoms with E-state index in [-0.39, 0.29) is 10.8 Å². The molecule has 1 fully saturated rings. The number of allylic oxidation sites excluding steroid dienone is 10. The second kappa shape index (κ2) is 10.8. The Balaban J connectivity index is 1.67. The van der Waals surface area contributed by atoms with E-state index in [0.29, 0.717) is 0 Å². The minimum absolute atomic E-state index is 0.0537. The molecule has 3 aliphatic rings. The van der Waals surface area contributed by atoms with Crippen molar-refractivity contribution in [2.75, 3.05) is 39.3 Å². The van der Waals surface area contributed by atoms with Crippen molar-refractivity contribution >= 4 is 0 Å². The first-order valence-corrected chi connectivity index (χ1v) is 12.7. The predicted molar refractivity (Wildman–Crippen MR) is 145 cm³/mol. The fraction of sp³-hybridized carbons (Fsp3) is 0.484. The fourth-order valence-electron chi connectivity index (χ4n) is 5.75. The van der Waals surface area contributed by atoms with Crippen molar-refractivity contribution in [2.45, 2.75) is 34.1 Å². The molecule has 3 rings (SSSR count). The summed E-state index contributed by atoms with van der Waals surface area (Å²) in [6.07, 6.45) is 27.8. The van der Waals surface area contributed by atoms with Gasteiger partial charge in [0.25, 0.3) is 0 Å². The summed E-state index contributed by atoms with van der Waals surface area (Å²) in [5, 5.41) is 3.76. The number of nitrogens with one attached hydrogen (secondary N) is 1. The van der Waals surface area contributed by atoms with E-state index in [1.165, 1.54) is 35.1 Å². The van der Waals surface area contributed by atoms with Crippen LogP contribution in [-0.4, -0.2) is 43.8 Å². The number of nitrogens with zero attached hydrogens (tertiary/aromatic N) is 1. The quantitative estimate of drug-likeness (QED) is 0.241. The van der Waals surface area contributed by atoms with E-state index in [0.717, 1.165) is 38.0 Å². The van der Waals surface area contributed by atoms with E-state index in [4.69, 9.17) is 0 Å². The van der Waals surface area contributed by atoms with Crippen LogP contribution in [0.2, 0.25) is 0 Å². The molecule has 0 bridgehead atoms. The third-order valence-electron chi connectivity index (χ3n) is 7.49. The van der Waals surface area contributed by atoms with Gasteiger partial charge in [0, 0.05) is 41.3 Å². The number of hydrogen-bond donors (Lipinski definition) is 1. The fourth-order valence-corrected chi connectivity index (χ4v) is 5.75. The molecule has 4 unspecified atom stereocenters. The molecule has 2 aliphatic carbocycles. The first-order valence-electron chi connectivity index (χ1n) is 12.7. The van der Waals surface area contributed by atoms with E-state index < -0.39 is 0 Å². The van der Waals surface area contributed by atoms with Gasteiger partial charge in [0.05, 0.1) is 19.6 Å². The number of hydrogen-bond acceptors (Lipinski definition) is 1. The van der Waals surface area contributed by atoms with E-state index in [2.05, 4.69) is 107 Å². The topological polar surface area (TPSA) is 12.0 Å². The Morgan fingerprint density at radius 1 is 0.939 bits per heavy atom. The molecular weight excluding hydrogens is 400 g/mol. The molecule has 0 aromatic carbocycles. The number of piperidine rings is 1. The predicted octanol–water partition coefficient (Wildman–Crippen LogP) is 6.56. The second-order valence-electron chi connectivity index (χ2n) is 11.2. The number of rotatable bonds is 9. The summed E-state index contributed by atoms with van der Waals surface area (Å²) in [5.41, 5.74) is 2.64. The Labute approximate surface area is 203 Å². The molecule has 1 heterocycles. The highest BCUT2D eigenvalue weighted by Gasteiger charge is 2.37. The molecule has 4 atom stereocenters. The van der Waals surface area contributed by atoms with Crippen molar-refractivity contribution < 1.29 is 4.48 Å². The van der Waals surface area contributed by atoms with E-state index in [9.17, 15) is 0 Å². The van der Waals surface area contributed by atoms with Gasteiger partial charge in [-0.1, -0.05) is 86.8 Å². The van der Waals surface area contributed by atoms with Gasteiger partial charge in [0.15, 0.2) is 0 Å². The van der Waals surface area contributed by atoms with Crippen LogP contribution in [0.1, 0.15) is 34.1 Å². The minimum Gasteiger partial charge on any atom is -0.318 e. The Bertz CT molecular complexity index is 886. The van der Waals surface area contributed by atoms with Gasteiger partial charge in [-0.2, -0.15) is 0 Å². The Morgan fingerprint density at radius 2 is 1.64 bits per heavy atom. The van der Waals surface area contributed by atoms with Crippen LogP contribution >= 0.6 is 0 Å². The van der Waals surface area contributed by atoms with Gasteiger partial charge in [-0.15, -0.1) is 13.2 Å². The van der Waals surface area contributed by atoms with Crippen molar-refractivity contribution in [3.63, 3.8) is 0 Å². The highest BCUT2D eigenvalue weighted by molar-refractivity contribution is 5.35. The zero-order valence-electron chi connectivity index (χ0n) is 21.4. The lowest BCUT2D eigenvalue weighted by Gasteiger charge is -2.46. The van der Waals surface area contributed by atoms with Gasteiger partial charge in [-0.3, -0.25) is 0 Å². The summed E-state index contributed by atoms with van der Waals surface area (Å²) in [5.74, 6) is 1.54. The Hall–Kier alpha value is -2.16. The normalized spacial score (nSPS) is 36.0. The second-order valence-corrected chi connectivity index (χ2v) is 11.2. The van der Waals surface area contributed by atoms with Gasteiger partial charge >= 0.3 is 0 Å². The van der Waals surface area contributed by atoms with Crippen molar-refractivity contribution in [2.24, 2.45) is 22.7 Å². The maximum Gasteiger partial charge on any atom is 0.104 e. The summed E-state index contributed by atoms with van der Waals surface area (Å²) in [7, 11) is 0. The molecule has 0 saturated carbocycles. The number of quaternary nitrogens is 1. The highest BCUT2D eigenvalue weighted by Crippen LogP contribution is 2.31. The summed E-state index contributed by atoms with van der Waals surface area (Å²) < 4.78 is 1.17. The highest BCUT2D eigenvalue weighted by atomic mass is 15.4. The summed E-state index contributed by atoms with van der Waals surface area (Å²) in [6, 6.07) is 0. The van der Waals surface area contributed by atoms with Gasteiger partial charge in [-0.25, -0.2) is 0 Å². The van der Waals surface area contributed by atoms with Gasteiger partial charge in [0.2, 0.25) is 0 Å². The van der Waals surface area contributed by atoms with Crippen molar-refractivity contribution in [3.05, 3.63) is 97.2 Å². The third-order valence-corrected chi connectivity index (χ3v) is 7.49. The Morgan fingerprint density at radius 3 is 2.33 bits per heavy atom. The van der Waals surface area contributed by atoms with Crippen LogP contribution in [0.4, 0.5) is 0 Å². The molecule has 33 heavy (non-hydrogen) atoms. The molecule has 2 heteroatoms. The molecule has 178 valence electrons. The molecule has 1 N–H and O–H groups in total. The van der Waals surface area contributed by atoms with Crippen molar-refractivity contribution in [1.82, 2.24) is 5.32 Å². The molecule has 0 spiro atoms. The third kappa shape index (κ3) is 7.16. The van der Waals surface area contributed by atoms with E-state index in [1.807, 2.05) is 12.2 Å². The molecule has 0 radical (unpaired) electrons. The van der Waals surface area contributed by atoms with Crippen LogP contribution in [-0.2, 0) is 0 Å². The van der Waals surface area contributed by atoms with Gasteiger partial charge < -0.3 is 9.80 Å². The molecule has 1 saturated heterocycles. The zero-order chi connectivity index (χ0) is 24.0. The molecule has 2 nitrogen and oxygen atoms in total. The monoisotopic (exact) mass is 445 g/mol. The minimum atomic E-state index is -0.0716. The van der Waals surface area contributed by atoms with Crippen LogP contribution in [0, 0.1) is 22.7 Å². The van der Waals surface area contributed by atoms with Gasteiger partial charge in [-0.05, 0) is 25.8 Å². The summed E-state index contributed by atoms with van der Waals surface area (Å²) in [4.78, 5) is 0. The molecule has 0 aromatic heterocycles. The van der Waals surface area contributed by atoms with E-state index in [1.54, 1.807) is 0 Å². The van der Waals surface area contributed by atoms with Crippen LogP contribution in [0.3, 0.4) is 0 Å². The average Bonchev–Trinajstić information content (AvgIpc) is 3.07. The first-order chi connectivity index (χ1) is 15.7. The van der Waals surface area contributed by atoms with Crippen molar-refractivity contribution in [1.29, 1.82) is 0 Å². The first kappa shape index (κ1) is 25.5. The number of likely N-dealkylation sites (tertiary alicyclic amines) is 1. The smallest absolute Gasteiger partial charge is 0.104 e. The molecule has 0 amide bonds. The lowest BCUT2D eigenvalue weighted by Crippen LogP contribution is -2.59.